The number of esters is 1. The van der Waals surface area contributed by atoms with E-state index < -0.39 is 6.04 Å². The second kappa shape index (κ2) is 5.66. The largest absolute Gasteiger partial charge is 0.468 e. The number of carbonyl (C=O) groups excluding carboxylic acids is 2. The van der Waals surface area contributed by atoms with Crippen molar-refractivity contribution in [3.63, 3.8) is 0 Å². The second-order valence-corrected chi connectivity index (χ2v) is 5.35. The van der Waals surface area contributed by atoms with Crippen LogP contribution in [0.2, 0.25) is 0 Å². The highest BCUT2D eigenvalue weighted by Crippen LogP contribution is 2.27. The van der Waals surface area contributed by atoms with Crippen molar-refractivity contribution in [2.24, 2.45) is 0 Å². The normalized spacial score (nSPS) is 22.2. The zero-order valence-electron chi connectivity index (χ0n) is 11.8. The van der Waals surface area contributed by atoms with Gasteiger partial charge in [0, 0.05) is 18.9 Å². The summed E-state index contributed by atoms with van der Waals surface area (Å²) in [7, 11) is 1.34. The van der Waals surface area contributed by atoms with Crippen molar-refractivity contribution < 1.29 is 14.3 Å². The SMILES string of the molecule is COC(=O)[C@@H]1CC(=O)C[C@H](c2ccc3ccccc3c2)N1. The van der Waals surface area contributed by atoms with Gasteiger partial charge in [-0.3, -0.25) is 14.9 Å². The average molecular weight is 283 g/mol. The molecule has 0 radical (unpaired) electrons. The Morgan fingerprint density at radius 2 is 1.90 bits per heavy atom. The van der Waals surface area contributed by atoms with Crippen LogP contribution in [0.5, 0.6) is 0 Å². The third-order valence-corrected chi connectivity index (χ3v) is 3.93. The van der Waals surface area contributed by atoms with Gasteiger partial charge in [-0.15, -0.1) is 0 Å². The van der Waals surface area contributed by atoms with Gasteiger partial charge in [0.05, 0.1) is 7.11 Å². The minimum atomic E-state index is -0.548. The number of fused-ring (bicyclic) bond motifs is 1. The summed E-state index contributed by atoms with van der Waals surface area (Å²) in [6, 6.07) is 13.5. The zero-order chi connectivity index (χ0) is 14.8. The van der Waals surface area contributed by atoms with Crippen LogP contribution in [-0.2, 0) is 14.3 Å². The van der Waals surface area contributed by atoms with E-state index in [-0.39, 0.29) is 24.2 Å². The summed E-state index contributed by atoms with van der Waals surface area (Å²) in [6.45, 7) is 0. The van der Waals surface area contributed by atoms with E-state index in [4.69, 9.17) is 4.74 Å². The van der Waals surface area contributed by atoms with Crippen LogP contribution in [0.15, 0.2) is 42.5 Å². The Hall–Kier alpha value is -2.20. The maximum atomic E-state index is 11.9. The van der Waals surface area contributed by atoms with Gasteiger partial charge < -0.3 is 4.74 Å². The van der Waals surface area contributed by atoms with Gasteiger partial charge in [0.25, 0.3) is 0 Å². The number of nitrogens with one attached hydrogen (secondary N) is 1. The number of methoxy groups -OCH3 is 1. The molecule has 21 heavy (non-hydrogen) atoms. The molecule has 0 unspecified atom stereocenters. The molecule has 2 aromatic carbocycles. The number of ether oxygens (including phenoxy) is 1. The molecule has 0 saturated carbocycles. The molecule has 0 aromatic heterocycles. The minimum absolute atomic E-state index is 0.0855. The summed E-state index contributed by atoms with van der Waals surface area (Å²) in [5, 5.41) is 5.51. The fraction of sp³-hybridized carbons (Fsp3) is 0.294. The van der Waals surface area contributed by atoms with E-state index in [0.29, 0.717) is 6.42 Å². The Labute approximate surface area is 123 Å². The van der Waals surface area contributed by atoms with Crippen molar-refractivity contribution in [2.45, 2.75) is 24.9 Å². The summed E-state index contributed by atoms with van der Waals surface area (Å²) in [5.74, 6) is -0.295. The molecule has 1 saturated heterocycles. The van der Waals surface area contributed by atoms with E-state index in [1.807, 2.05) is 30.3 Å². The first-order chi connectivity index (χ1) is 10.2. The molecule has 3 rings (SSSR count). The van der Waals surface area contributed by atoms with Crippen molar-refractivity contribution in [3.8, 4) is 0 Å². The zero-order valence-corrected chi connectivity index (χ0v) is 11.8. The van der Waals surface area contributed by atoms with Crippen LogP contribution in [0, 0.1) is 0 Å². The van der Waals surface area contributed by atoms with Gasteiger partial charge >= 0.3 is 5.97 Å². The minimum Gasteiger partial charge on any atom is -0.468 e. The molecule has 1 aliphatic rings. The fourth-order valence-electron chi connectivity index (χ4n) is 2.83. The Morgan fingerprint density at radius 3 is 2.67 bits per heavy atom. The summed E-state index contributed by atoms with van der Waals surface area (Å²) in [4.78, 5) is 23.6. The molecule has 0 spiro atoms. The lowest BCUT2D eigenvalue weighted by molar-refractivity contribution is -0.146. The molecule has 0 bridgehead atoms. The van der Waals surface area contributed by atoms with E-state index in [9.17, 15) is 9.59 Å². The van der Waals surface area contributed by atoms with Crippen LogP contribution in [-0.4, -0.2) is 24.9 Å². The third kappa shape index (κ3) is 2.81. The number of hydrogen-bond acceptors (Lipinski definition) is 4. The topological polar surface area (TPSA) is 55.4 Å². The third-order valence-electron chi connectivity index (χ3n) is 3.93. The highest BCUT2D eigenvalue weighted by molar-refractivity contribution is 5.89. The van der Waals surface area contributed by atoms with Gasteiger partial charge in [-0.25, -0.2) is 0 Å². The second-order valence-electron chi connectivity index (χ2n) is 5.35. The Kier molecular flexibility index (Phi) is 3.71. The molecule has 1 heterocycles. The highest BCUT2D eigenvalue weighted by Gasteiger charge is 2.32. The average Bonchev–Trinajstić information content (AvgIpc) is 2.53. The van der Waals surface area contributed by atoms with Gasteiger partial charge in [0.2, 0.25) is 0 Å². The summed E-state index contributed by atoms with van der Waals surface area (Å²) in [6.07, 6.45) is 0.614. The fourth-order valence-corrected chi connectivity index (χ4v) is 2.83. The summed E-state index contributed by atoms with van der Waals surface area (Å²) in [5.41, 5.74) is 1.02. The number of benzene rings is 2. The highest BCUT2D eigenvalue weighted by atomic mass is 16.5. The van der Waals surface area contributed by atoms with Gasteiger partial charge in [0.15, 0.2) is 0 Å². The predicted molar refractivity (Wildman–Crippen MR) is 79.9 cm³/mol. The van der Waals surface area contributed by atoms with E-state index in [1.165, 1.54) is 7.11 Å². The van der Waals surface area contributed by atoms with Gasteiger partial charge in [-0.1, -0.05) is 36.4 Å². The van der Waals surface area contributed by atoms with Crippen molar-refractivity contribution in [1.82, 2.24) is 5.32 Å². The first-order valence-corrected chi connectivity index (χ1v) is 7.01. The molecule has 1 fully saturated rings. The lowest BCUT2D eigenvalue weighted by Gasteiger charge is -2.29. The first kappa shape index (κ1) is 13.8. The van der Waals surface area contributed by atoms with E-state index >= 15 is 0 Å². The molecule has 108 valence electrons. The van der Waals surface area contributed by atoms with Gasteiger partial charge in [-0.05, 0) is 22.4 Å². The van der Waals surface area contributed by atoms with Crippen molar-refractivity contribution in [1.29, 1.82) is 0 Å². The van der Waals surface area contributed by atoms with Crippen LogP contribution in [0.4, 0.5) is 0 Å². The standard InChI is InChI=1S/C17H17NO3/c1-21-17(20)16-10-14(19)9-15(18-16)13-7-6-11-4-2-3-5-12(11)8-13/h2-8,15-16,18H,9-10H2,1H3/t15-,16+/m1/s1. The molecule has 1 N–H and O–H groups in total. The maximum absolute atomic E-state index is 11.9. The lowest BCUT2D eigenvalue weighted by Crippen LogP contribution is -2.46. The lowest BCUT2D eigenvalue weighted by atomic mass is 9.91. The molecule has 2 atom stereocenters. The van der Waals surface area contributed by atoms with Crippen LogP contribution in [0.3, 0.4) is 0 Å². The summed E-state index contributed by atoms with van der Waals surface area (Å²) >= 11 is 0. The van der Waals surface area contributed by atoms with Gasteiger partial charge in [-0.2, -0.15) is 0 Å². The van der Waals surface area contributed by atoms with Crippen LogP contribution < -0.4 is 5.32 Å². The number of ketones is 1. The molecule has 1 aliphatic heterocycles. The maximum Gasteiger partial charge on any atom is 0.323 e. The van der Waals surface area contributed by atoms with Crippen molar-refractivity contribution in [2.75, 3.05) is 7.11 Å². The molecule has 4 heteroatoms. The molecule has 4 nitrogen and oxygen atoms in total. The first-order valence-electron chi connectivity index (χ1n) is 7.01. The van der Waals surface area contributed by atoms with Gasteiger partial charge in [0.1, 0.15) is 11.8 Å². The predicted octanol–water partition coefficient (Wildman–Crippen LogP) is 2.38. The van der Waals surface area contributed by atoms with Crippen LogP contribution >= 0.6 is 0 Å². The van der Waals surface area contributed by atoms with E-state index in [2.05, 4.69) is 17.4 Å². The number of hydrogen-bond donors (Lipinski definition) is 1. The number of rotatable bonds is 2. The smallest absolute Gasteiger partial charge is 0.323 e. The van der Waals surface area contributed by atoms with Crippen molar-refractivity contribution in [3.05, 3.63) is 48.0 Å². The van der Waals surface area contributed by atoms with Crippen molar-refractivity contribution >= 4 is 22.5 Å². The Balaban J connectivity index is 1.89. The monoisotopic (exact) mass is 283 g/mol. The quantitative estimate of drug-likeness (QED) is 0.860. The molecule has 0 amide bonds. The number of carbonyl (C=O) groups is 2. The number of piperidine rings is 1. The Bertz CT molecular complexity index is 695. The van der Waals surface area contributed by atoms with Crippen LogP contribution in [0.1, 0.15) is 24.4 Å². The van der Waals surface area contributed by atoms with Crippen LogP contribution in [0.25, 0.3) is 10.8 Å². The Morgan fingerprint density at radius 1 is 1.14 bits per heavy atom. The molecule has 2 aromatic rings. The molecular weight excluding hydrogens is 266 g/mol. The summed E-state index contributed by atoms with van der Waals surface area (Å²) < 4.78 is 4.74. The molecule has 0 aliphatic carbocycles. The number of Topliss-reactive ketones (excluding diaryl/α,β-unsaturated/α-hetero) is 1. The van der Waals surface area contributed by atoms with E-state index in [0.717, 1.165) is 16.3 Å². The molecular formula is C17H17NO3. The van der Waals surface area contributed by atoms with E-state index in [1.54, 1.807) is 0 Å².